The normalized spacial score (nSPS) is 10.1. The summed E-state index contributed by atoms with van der Waals surface area (Å²) < 4.78 is 1.51. The van der Waals surface area contributed by atoms with Crippen molar-refractivity contribution in [3.63, 3.8) is 0 Å². The monoisotopic (exact) mass is 348 g/mol. The number of nitro benzene ring substituents is 1. The Kier molecular flexibility index (Phi) is 5.11. The summed E-state index contributed by atoms with van der Waals surface area (Å²) in [6.45, 7) is 4.69. The lowest BCUT2D eigenvalue weighted by atomic mass is 10.2. The zero-order chi connectivity index (χ0) is 12.1. The second-order valence-corrected chi connectivity index (χ2v) is 5.19. The number of nitrogens with zero attached hydrogens (tertiary/aromatic N) is 1. The molecule has 0 saturated carbocycles. The first-order valence-electron chi connectivity index (χ1n) is 4.47. The third-order valence-corrected chi connectivity index (χ3v) is 2.65. The molecule has 1 N–H and O–H groups in total. The van der Waals surface area contributed by atoms with Crippen molar-refractivity contribution in [2.75, 3.05) is 6.54 Å². The fourth-order valence-electron chi connectivity index (χ4n) is 1.19. The summed E-state index contributed by atoms with van der Waals surface area (Å²) >= 11 is 6.42. The van der Waals surface area contributed by atoms with Crippen molar-refractivity contribution in [1.29, 1.82) is 0 Å². The summed E-state index contributed by atoms with van der Waals surface area (Å²) in [7, 11) is 0. The zero-order valence-corrected chi connectivity index (χ0v) is 11.5. The second kappa shape index (κ2) is 6.12. The van der Waals surface area contributed by atoms with Crippen LogP contribution in [0.3, 0.4) is 0 Å². The third-order valence-electron chi connectivity index (χ3n) is 1.88. The standard InChI is InChI=1S/C10H10Br2N2O2/c1-7(11)5-13-6-8-2-3-9(12)4-10(8)14(15)16/h2-4,13H,1,5-6H2. The predicted octanol–water partition coefficient (Wildman–Crippen LogP) is 3.36. The highest BCUT2D eigenvalue weighted by Crippen LogP contribution is 2.23. The molecule has 1 aromatic rings. The summed E-state index contributed by atoms with van der Waals surface area (Å²) in [6.07, 6.45) is 0. The maximum absolute atomic E-state index is 10.8. The van der Waals surface area contributed by atoms with E-state index in [1.807, 2.05) is 0 Å². The number of nitrogens with one attached hydrogen (secondary N) is 1. The molecule has 0 amide bonds. The van der Waals surface area contributed by atoms with Gasteiger partial charge in [0.25, 0.3) is 5.69 Å². The lowest BCUT2D eigenvalue weighted by molar-refractivity contribution is -0.385. The van der Waals surface area contributed by atoms with Gasteiger partial charge in [-0.2, -0.15) is 0 Å². The molecule has 0 aliphatic carbocycles. The van der Waals surface area contributed by atoms with Crippen LogP contribution in [-0.4, -0.2) is 11.5 Å². The molecule has 4 nitrogen and oxygen atoms in total. The van der Waals surface area contributed by atoms with Gasteiger partial charge >= 0.3 is 0 Å². The van der Waals surface area contributed by atoms with Gasteiger partial charge in [-0.1, -0.05) is 38.4 Å². The maximum Gasteiger partial charge on any atom is 0.275 e. The van der Waals surface area contributed by atoms with Crippen LogP contribution in [-0.2, 0) is 6.54 Å². The Morgan fingerprint density at radius 2 is 2.25 bits per heavy atom. The average molecular weight is 350 g/mol. The van der Waals surface area contributed by atoms with Crippen LogP contribution in [0.5, 0.6) is 0 Å². The van der Waals surface area contributed by atoms with Crippen molar-refractivity contribution in [2.24, 2.45) is 0 Å². The van der Waals surface area contributed by atoms with Crippen LogP contribution in [0.15, 0.2) is 33.7 Å². The molecular weight excluding hydrogens is 340 g/mol. The van der Waals surface area contributed by atoms with E-state index in [0.717, 1.165) is 4.48 Å². The molecule has 86 valence electrons. The van der Waals surface area contributed by atoms with Crippen LogP contribution in [0, 0.1) is 10.1 Å². The van der Waals surface area contributed by atoms with Crippen LogP contribution < -0.4 is 5.32 Å². The van der Waals surface area contributed by atoms with Gasteiger partial charge in [0, 0.05) is 33.7 Å². The lowest BCUT2D eigenvalue weighted by Gasteiger charge is -2.05. The van der Waals surface area contributed by atoms with Crippen LogP contribution >= 0.6 is 31.9 Å². The van der Waals surface area contributed by atoms with Crippen molar-refractivity contribution in [3.05, 3.63) is 49.4 Å². The highest BCUT2D eigenvalue weighted by molar-refractivity contribution is 9.11. The predicted molar refractivity (Wildman–Crippen MR) is 70.6 cm³/mol. The van der Waals surface area contributed by atoms with E-state index in [1.165, 1.54) is 6.07 Å². The van der Waals surface area contributed by atoms with Crippen molar-refractivity contribution in [2.45, 2.75) is 6.54 Å². The van der Waals surface area contributed by atoms with E-state index < -0.39 is 0 Å². The number of hydrogen-bond acceptors (Lipinski definition) is 3. The molecule has 1 rings (SSSR count). The minimum absolute atomic E-state index is 0.113. The van der Waals surface area contributed by atoms with Crippen LogP contribution in [0.2, 0.25) is 0 Å². The first-order chi connectivity index (χ1) is 7.50. The van der Waals surface area contributed by atoms with Gasteiger partial charge in [-0.05, 0) is 12.1 Å². The van der Waals surface area contributed by atoms with Crippen molar-refractivity contribution in [1.82, 2.24) is 5.32 Å². The molecule has 0 unspecified atom stereocenters. The fourth-order valence-corrected chi connectivity index (χ4v) is 1.74. The summed E-state index contributed by atoms with van der Waals surface area (Å²) in [5, 5.41) is 13.9. The highest BCUT2D eigenvalue weighted by Gasteiger charge is 2.13. The Balaban J connectivity index is 2.78. The third kappa shape index (κ3) is 4.03. The average Bonchev–Trinajstić information content (AvgIpc) is 2.19. The van der Waals surface area contributed by atoms with Crippen LogP contribution in [0.4, 0.5) is 5.69 Å². The van der Waals surface area contributed by atoms with Crippen molar-refractivity contribution < 1.29 is 4.92 Å². The summed E-state index contributed by atoms with van der Waals surface area (Å²) in [5.74, 6) is 0. The van der Waals surface area contributed by atoms with E-state index in [0.29, 0.717) is 23.1 Å². The first kappa shape index (κ1) is 13.3. The van der Waals surface area contributed by atoms with Gasteiger partial charge in [0.15, 0.2) is 0 Å². The van der Waals surface area contributed by atoms with E-state index in [4.69, 9.17) is 0 Å². The maximum atomic E-state index is 10.8. The molecule has 6 heteroatoms. The molecule has 0 heterocycles. The Hall–Kier alpha value is -0.720. The van der Waals surface area contributed by atoms with Crippen molar-refractivity contribution in [3.8, 4) is 0 Å². The minimum Gasteiger partial charge on any atom is -0.308 e. The van der Waals surface area contributed by atoms with E-state index in [9.17, 15) is 10.1 Å². The van der Waals surface area contributed by atoms with E-state index >= 15 is 0 Å². The molecule has 0 atom stereocenters. The van der Waals surface area contributed by atoms with Gasteiger partial charge in [-0.15, -0.1) is 0 Å². The fraction of sp³-hybridized carbons (Fsp3) is 0.200. The van der Waals surface area contributed by atoms with E-state index in [2.05, 4.69) is 43.8 Å². The number of rotatable bonds is 5. The van der Waals surface area contributed by atoms with Gasteiger partial charge in [0.1, 0.15) is 0 Å². The molecular formula is C10H10Br2N2O2. The minimum atomic E-state index is -0.384. The van der Waals surface area contributed by atoms with Crippen LogP contribution in [0.25, 0.3) is 0 Å². The number of halogens is 2. The summed E-state index contributed by atoms with van der Waals surface area (Å²) in [6, 6.07) is 5.01. The summed E-state index contributed by atoms with van der Waals surface area (Å²) in [4.78, 5) is 10.4. The molecule has 0 radical (unpaired) electrons. The molecule has 0 bridgehead atoms. The lowest BCUT2D eigenvalue weighted by Crippen LogP contribution is -2.15. The Morgan fingerprint density at radius 1 is 1.56 bits per heavy atom. The Morgan fingerprint density at radius 3 is 2.81 bits per heavy atom. The highest BCUT2D eigenvalue weighted by atomic mass is 79.9. The van der Waals surface area contributed by atoms with Gasteiger partial charge in [0.05, 0.1) is 4.92 Å². The largest absolute Gasteiger partial charge is 0.308 e. The first-order valence-corrected chi connectivity index (χ1v) is 6.06. The molecule has 16 heavy (non-hydrogen) atoms. The smallest absolute Gasteiger partial charge is 0.275 e. The Bertz CT molecular complexity index is 421. The van der Waals surface area contributed by atoms with Crippen molar-refractivity contribution >= 4 is 37.5 Å². The van der Waals surface area contributed by atoms with Gasteiger partial charge in [0.2, 0.25) is 0 Å². The molecule has 0 saturated heterocycles. The zero-order valence-electron chi connectivity index (χ0n) is 8.37. The van der Waals surface area contributed by atoms with Crippen LogP contribution in [0.1, 0.15) is 5.56 Å². The SMILES string of the molecule is C=C(Br)CNCc1ccc(Br)cc1[N+](=O)[O-]. The number of nitro groups is 1. The van der Waals surface area contributed by atoms with Gasteiger partial charge in [-0.25, -0.2) is 0 Å². The van der Waals surface area contributed by atoms with E-state index in [-0.39, 0.29) is 10.6 Å². The van der Waals surface area contributed by atoms with E-state index in [1.54, 1.807) is 12.1 Å². The quantitative estimate of drug-likeness (QED) is 0.655. The van der Waals surface area contributed by atoms with Gasteiger partial charge < -0.3 is 5.32 Å². The Labute approximate surface area is 110 Å². The van der Waals surface area contributed by atoms with Gasteiger partial charge in [-0.3, -0.25) is 10.1 Å². The summed E-state index contributed by atoms with van der Waals surface area (Å²) in [5.41, 5.74) is 0.768. The molecule has 0 fully saturated rings. The second-order valence-electron chi connectivity index (χ2n) is 3.15. The molecule has 1 aromatic carbocycles. The molecule has 0 aliphatic heterocycles. The topological polar surface area (TPSA) is 55.2 Å². The molecule has 0 aromatic heterocycles. The molecule has 0 aliphatic rings. The number of benzene rings is 1. The number of hydrogen-bond donors (Lipinski definition) is 1. The molecule has 0 spiro atoms.